The largest absolute Gasteiger partial charge is 0.497 e. The molecule has 0 saturated carbocycles. The summed E-state index contributed by atoms with van der Waals surface area (Å²) in [5.74, 6) is 2.20. The van der Waals surface area contributed by atoms with Crippen LogP contribution in [0.25, 0.3) is 0 Å². The Labute approximate surface area is 178 Å². The number of carbonyl (C=O) groups excluding carboxylic acids is 1. The number of nitrogens with zero attached hydrogens (tertiary/aromatic N) is 2. The number of hydrogen-bond acceptors (Lipinski definition) is 5. The molecule has 3 rings (SSSR count). The van der Waals surface area contributed by atoms with Crippen LogP contribution in [-0.4, -0.2) is 38.0 Å². The van der Waals surface area contributed by atoms with Crippen molar-refractivity contribution in [3.8, 4) is 17.2 Å². The molecule has 160 valence electrons. The topological polar surface area (TPSA) is 60.4 Å². The fourth-order valence-corrected chi connectivity index (χ4v) is 3.84. The maximum Gasteiger partial charge on any atom is 0.246 e. The van der Waals surface area contributed by atoms with Crippen molar-refractivity contribution in [1.82, 2.24) is 5.01 Å². The molecule has 0 spiro atoms. The van der Waals surface area contributed by atoms with Gasteiger partial charge in [0.25, 0.3) is 0 Å². The van der Waals surface area contributed by atoms with Crippen LogP contribution in [0.4, 0.5) is 0 Å². The normalized spacial score (nSPS) is 15.9. The number of hydrogen-bond donors (Lipinski definition) is 0. The minimum Gasteiger partial charge on any atom is -0.497 e. The number of carbonyl (C=O) groups is 1. The zero-order valence-corrected chi connectivity index (χ0v) is 18.3. The number of ether oxygens (including phenoxy) is 3. The van der Waals surface area contributed by atoms with Crippen LogP contribution in [0, 0.1) is 5.92 Å². The third-order valence-corrected chi connectivity index (χ3v) is 5.69. The molecule has 0 aliphatic carbocycles. The maximum absolute atomic E-state index is 13.3. The molecule has 0 bridgehead atoms. The molecule has 2 aromatic rings. The van der Waals surface area contributed by atoms with Gasteiger partial charge >= 0.3 is 0 Å². The van der Waals surface area contributed by atoms with Crippen molar-refractivity contribution < 1.29 is 19.0 Å². The molecule has 2 aromatic carbocycles. The first-order valence-corrected chi connectivity index (χ1v) is 10.3. The summed E-state index contributed by atoms with van der Waals surface area (Å²) in [6.45, 7) is 4.08. The molecule has 30 heavy (non-hydrogen) atoms. The number of rotatable bonds is 8. The van der Waals surface area contributed by atoms with Crippen LogP contribution in [-0.2, 0) is 4.79 Å². The van der Waals surface area contributed by atoms with Gasteiger partial charge in [-0.1, -0.05) is 13.8 Å². The number of amides is 1. The van der Waals surface area contributed by atoms with Gasteiger partial charge in [0, 0.05) is 17.9 Å². The van der Waals surface area contributed by atoms with Gasteiger partial charge in [-0.3, -0.25) is 4.79 Å². The van der Waals surface area contributed by atoms with Gasteiger partial charge in [0.1, 0.15) is 17.2 Å². The van der Waals surface area contributed by atoms with Crippen LogP contribution >= 0.6 is 0 Å². The fraction of sp³-hybridized carbons (Fsp3) is 0.417. The highest BCUT2D eigenvalue weighted by Gasteiger charge is 2.37. The molecule has 1 atom stereocenters. The lowest BCUT2D eigenvalue weighted by Crippen LogP contribution is -2.32. The molecule has 0 fully saturated rings. The van der Waals surface area contributed by atoms with Crippen molar-refractivity contribution in [2.24, 2.45) is 11.0 Å². The van der Waals surface area contributed by atoms with Gasteiger partial charge in [0.2, 0.25) is 5.91 Å². The van der Waals surface area contributed by atoms with Gasteiger partial charge < -0.3 is 14.2 Å². The van der Waals surface area contributed by atoms with E-state index in [0.717, 1.165) is 41.2 Å². The van der Waals surface area contributed by atoms with E-state index in [-0.39, 0.29) is 17.9 Å². The molecule has 6 nitrogen and oxygen atoms in total. The van der Waals surface area contributed by atoms with Crippen molar-refractivity contribution in [1.29, 1.82) is 0 Å². The van der Waals surface area contributed by atoms with E-state index in [2.05, 4.69) is 0 Å². The first kappa shape index (κ1) is 21.7. The van der Waals surface area contributed by atoms with E-state index in [0.29, 0.717) is 12.2 Å². The van der Waals surface area contributed by atoms with Crippen molar-refractivity contribution in [2.45, 2.75) is 39.2 Å². The summed E-state index contributed by atoms with van der Waals surface area (Å²) in [6.07, 6.45) is 2.16. The summed E-state index contributed by atoms with van der Waals surface area (Å²) >= 11 is 0. The molecule has 1 aliphatic heterocycles. The van der Waals surface area contributed by atoms with E-state index in [4.69, 9.17) is 19.3 Å². The minimum absolute atomic E-state index is 0.0402. The maximum atomic E-state index is 13.3. The second-order valence-electron chi connectivity index (χ2n) is 7.30. The zero-order valence-electron chi connectivity index (χ0n) is 18.3. The molecular weight excluding hydrogens is 380 g/mol. The smallest absolute Gasteiger partial charge is 0.246 e. The first-order chi connectivity index (χ1) is 14.6. The molecule has 0 saturated heterocycles. The summed E-state index contributed by atoms with van der Waals surface area (Å²) in [6, 6.07) is 13.2. The Morgan fingerprint density at radius 3 is 2.20 bits per heavy atom. The number of methoxy groups -OCH3 is 3. The van der Waals surface area contributed by atoms with E-state index in [1.807, 2.05) is 56.3 Å². The second-order valence-corrected chi connectivity index (χ2v) is 7.30. The SMILES string of the molecule is CCC(CC)C(=O)N1N=C(c2ccc(OC)cc2)C[C@@H]1c1cc(OC)ccc1OC. The summed E-state index contributed by atoms with van der Waals surface area (Å²) in [4.78, 5) is 13.3. The van der Waals surface area contributed by atoms with Crippen molar-refractivity contribution in [3.63, 3.8) is 0 Å². The van der Waals surface area contributed by atoms with Gasteiger partial charge in [-0.2, -0.15) is 5.10 Å². The predicted octanol–water partition coefficient (Wildman–Crippen LogP) is 4.83. The number of hydrazone groups is 1. The van der Waals surface area contributed by atoms with Crippen LogP contribution < -0.4 is 14.2 Å². The molecule has 0 aromatic heterocycles. The van der Waals surface area contributed by atoms with E-state index >= 15 is 0 Å². The molecule has 0 unspecified atom stereocenters. The molecule has 1 amide bonds. The minimum atomic E-state index is -0.250. The van der Waals surface area contributed by atoms with Gasteiger partial charge in [0.05, 0.1) is 33.1 Å². The predicted molar refractivity (Wildman–Crippen MR) is 117 cm³/mol. The lowest BCUT2D eigenvalue weighted by atomic mass is 9.95. The Bertz CT molecular complexity index is 904. The summed E-state index contributed by atoms with van der Waals surface area (Å²) in [5.41, 5.74) is 2.73. The zero-order chi connectivity index (χ0) is 21.7. The van der Waals surface area contributed by atoms with E-state index in [9.17, 15) is 4.79 Å². The van der Waals surface area contributed by atoms with Crippen molar-refractivity contribution >= 4 is 11.6 Å². The molecule has 0 N–H and O–H groups in total. The Kier molecular flexibility index (Phi) is 6.98. The molecule has 6 heteroatoms. The Hall–Kier alpha value is -3.02. The first-order valence-electron chi connectivity index (χ1n) is 10.3. The number of benzene rings is 2. The lowest BCUT2D eigenvalue weighted by molar-refractivity contribution is -0.137. The van der Waals surface area contributed by atoms with Gasteiger partial charge in [-0.05, 0) is 60.9 Å². The quantitative estimate of drug-likeness (QED) is 0.626. The van der Waals surface area contributed by atoms with Crippen LogP contribution in [0.15, 0.2) is 47.6 Å². The standard InChI is InChI=1S/C24H30N2O4/c1-6-16(7-2)24(27)26-22(20-14-19(29-4)12-13-23(20)30-5)15-21(25-26)17-8-10-18(28-3)11-9-17/h8-14,16,22H,6-7,15H2,1-5H3/t22-/m1/s1. The summed E-state index contributed by atoms with van der Waals surface area (Å²) in [5, 5.41) is 6.43. The monoisotopic (exact) mass is 410 g/mol. The van der Waals surface area contributed by atoms with Crippen LogP contribution in [0.3, 0.4) is 0 Å². The van der Waals surface area contributed by atoms with Crippen molar-refractivity contribution in [2.75, 3.05) is 21.3 Å². The Morgan fingerprint density at radius 2 is 1.63 bits per heavy atom. The molecule has 1 heterocycles. The highest BCUT2D eigenvalue weighted by molar-refractivity contribution is 6.03. The highest BCUT2D eigenvalue weighted by Crippen LogP contribution is 2.40. The van der Waals surface area contributed by atoms with E-state index < -0.39 is 0 Å². The molecule has 0 radical (unpaired) electrons. The average molecular weight is 411 g/mol. The van der Waals surface area contributed by atoms with Gasteiger partial charge in [0.15, 0.2) is 0 Å². The van der Waals surface area contributed by atoms with Gasteiger partial charge in [-0.15, -0.1) is 0 Å². The van der Waals surface area contributed by atoms with Gasteiger partial charge in [-0.25, -0.2) is 5.01 Å². The Morgan fingerprint density at radius 1 is 1.00 bits per heavy atom. The third kappa shape index (κ3) is 4.27. The van der Waals surface area contributed by atoms with Crippen LogP contribution in [0.5, 0.6) is 17.2 Å². The van der Waals surface area contributed by atoms with Crippen LogP contribution in [0.2, 0.25) is 0 Å². The second kappa shape index (κ2) is 9.65. The lowest BCUT2D eigenvalue weighted by Gasteiger charge is -2.26. The van der Waals surface area contributed by atoms with E-state index in [1.54, 1.807) is 26.3 Å². The van der Waals surface area contributed by atoms with Crippen molar-refractivity contribution in [3.05, 3.63) is 53.6 Å². The highest BCUT2D eigenvalue weighted by atomic mass is 16.5. The molecule has 1 aliphatic rings. The Balaban J connectivity index is 2.04. The van der Waals surface area contributed by atoms with E-state index in [1.165, 1.54) is 0 Å². The third-order valence-electron chi connectivity index (χ3n) is 5.69. The molecular formula is C24H30N2O4. The summed E-state index contributed by atoms with van der Waals surface area (Å²) in [7, 11) is 4.91. The van der Waals surface area contributed by atoms with Crippen LogP contribution in [0.1, 0.15) is 50.3 Å². The fourth-order valence-electron chi connectivity index (χ4n) is 3.84. The summed E-state index contributed by atoms with van der Waals surface area (Å²) < 4.78 is 16.3. The average Bonchev–Trinajstić information content (AvgIpc) is 3.24.